The Hall–Kier alpha value is -2.15. The minimum atomic E-state index is -5.13. The van der Waals surface area contributed by atoms with Crippen molar-refractivity contribution in [2.45, 2.75) is 55.0 Å². The van der Waals surface area contributed by atoms with E-state index in [-0.39, 0.29) is 24.2 Å². The van der Waals surface area contributed by atoms with Crippen molar-refractivity contribution in [3.8, 4) is 0 Å². The van der Waals surface area contributed by atoms with E-state index in [1.165, 1.54) is 12.7 Å². The van der Waals surface area contributed by atoms with Gasteiger partial charge in [0.15, 0.2) is 0 Å². The Labute approximate surface area is 162 Å². The van der Waals surface area contributed by atoms with E-state index >= 15 is 0 Å². The number of sulfonamides is 1. The molecule has 1 aliphatic carbocycles. The van der Waals surface area contributed by atoms with Gasteiger partial charge in [0.2, 0.25) is 10.0 Å². The van der Waals surface area contributed by atoms with E-state index in [2.05, 4.69) is 14.9 Å². The highest BCUT2D eigenvalue weighted by atomic mass is 32.2. The molecular formula is C16H16F6N4O2S. The lowest BCUT2D eigenvalue weighted by Crippen LogP contribution is -2.39. The molecule has 2 atom stereocenters. The first-order chi connectivity index (χ1) is 13.4. The molecule has 0 radical (unpaired) electrons. The fourth-order valence-electron chi connectivity index (χ4n) is 3.31. The fourth-order valence-corrected chi connectivity index (χ4v) is 4.66. The molecule has 1 aromatic heterocycles. The molecule has 29 heavy (non-hydrogen) atoms. The third-order valence-corrected chi connectivity index (χ3v) is 6.20. The van der Waals surface area contributed by atoms with Gasteiger partial charge in [-0.2, -0.15) is 26.3 Å². The van der Waals surface area contributed by atoms with Crippen LogP contribution in [0.15, 0.2) is 35.7 Å². The number of hydrogen-bond donors (Lipinski definition) is 1. The number of hydrogen-bond acceptors (Lipinski definition) is 4. The van der Waals surface area contributed by atoms with Crippen LogP contribution in [0.3, 0.4) is 0 Å². The molecule has 1 aliphatic rings. The molecule has 0 aliphatic heterocycles. The molecule has 0 saturated heterocycles. The second-order valence-electron chi connectivity index (χ2n) is 6.79. The molecule has 1 N–H and O–H groups in total. The van der Waals surface area contributed by atoms with E-state index in [1.807, 2.05) is 0 Å². The summed E-state index contributed by atoms with van der Waals surface area (Å²) in [5.74, 6) is 0. The van der Waals surface area contributed by atoms with Gasteiger partial charge in [-0.3, -0.25) is 0 Å². The average molecular weight is 442 g/mol. The smallest absolute Gasteiger partial charge is 0.317 e. The predicted octanol–water partition coefficient (Wildman–Crippen LogP) is 3.78. The summed E-state index contributed by atoms with van der Waals surface area (Å²) in [5, 5.41) is 7.34. The molecular weight excluding hydrogens is 426 g/mol. The topological polar surface area (TPSA) is 76.9 Å². The van der Waals surface area contributed by atoms with Crippen molar-refractivity contribution in [3.63, 3.8) is 0 Å². The highest BCUT2D eigenvalue weighted by Crippen LogP contribution is 2.37. The summed E-state index contributed by atoms with van der Waals surface area (Å²) in [7, 11) is -4.61. The summed E-state index contributed by atoms with van der Waals surface area (Å²) in [6.45, 7) is 0. The van der Waals surface area contributed by atoms with Crippen molar-refractivity contribution in [1.82, 2.24) is 19.5 Å². The average Bonchev–Trinajstić information content (AvgIpc) is 3.14. The standard InChI is InChI=1S/C16H16F6N4O2S/c17-15(18,19)10-4-11(16(20,21)22)6-14(5-10)29(27,28)25-12-2-1-3-13(7-12)26-8-23-24-9-26/h4-6,8-9,12-13,25H,1-3,7H2. The highest BCUT2D eigenvalue weighted by Gasteiger charge is 2.38. The second kappa shape index (κ2) is 7.59. The molecule has 2 unspecified atom stereocenters. The maximum atomic E-state index is 13.0. The quantitative estimate of drug-likeness (QED) is 0.732. The summed E-state index contributed by atoms with van der Waals surface area (Å²) in [6, 6.07) is -0.472. The zero-order valence-corrected chi connectivity index (χ0v) is 15.5. The molecule has 160 valence electrons. The van der Waals surface area contributed by atoms with Crippen LogP contribution in [0.2, 0.25) is 0 Å². The zero-order chi connectivity index (χ0) is 21.4. The van der Waals surface area contributed by atoms with Crippen molar-refractivity contribution in [2.24, 2.45) is 0 Å². The van der Waals surface area contributed by atoms with Crippen molar-refractivity contribution < 1.29 is 34.8 Å². The third kappa shape index (κ3) is 5.07. The lowest BCUT2D eigenvalue weighted by Gasteiger charge is -2.30. The number of alkyl halides is 6. The maximum absolute atomic E-state index is 13.0. The zero-order valence-electron chi connectivity index (χ0n) is 14.7. The second-order valence-corrected chi connectivity index (χ2v) is 8.50. The Morgan fingerprint density at radius 3 is 2.00 bits per heavy atom. The van der Waals surface area contributed by atoms with Crippen molar-refractivity contribution in [3.05, 3.63) is 42.0 Å². The van der Waals surface area contributed by atoms with Gasteiger partial charge in [-0.1, -0.05) is 0 Å². The van der Waals surface area contributed by atoms with Crippen LogP contribution in [-0.4, -0.2) is 29.2 Å². The van der Waals surface area contributed by atoms with Gasteiger partial charge in [0.1, 0.15) is 12.7 Å². The van der Waals surface area contributed by atoms with Crippen LogP contribution in [0.1, 0.15) is 42.9 Å². The van der Waals surface area contributed by atoms with Crippen LogP contribution in [0, 0.1) is 0 Å². The Kier molecular flexibility index (Phi) is 5.64. The number of halogens is 6. The molecule has 1 fully saturated rings. The predicted molar refractivity (Wildman–Crippen MR) is 88.1 cm³/mol. The summed E-state index contributed by atoms with van der Waals surface area (Å²) >= 11 is 0. The van der Waals surface area contributed by atoms with E-state index in [0.717, 1.165) is 6.42 Å². The first kappa shape index (κ1) is 21.6. The van der Waals surface area contributed by atoms with E-state index in [0.29, 0.717) is 19.3 Å². The van der Waals surface area contributed by atoms with Gasteiger partial charge in [-0.05, 0) is 43.9 Å². The Bertz CT molecular complexity index is 925. The largest absolute Gasteiger partial charge is 0.416 e. The first-order valence-corrected chi connectivity index (χ1v) is 10.0. The van der Waals surface area contributed by atoms with Gasteiger partial charge < -0.3 is 4.57 Å². The maximum Gasteiger partial charge on any atom is 0.416 e. The molecule has 0 spiro atoms. The minimum absolute atomic E-state index is 0.109. The normalized spacial score (nSPS) is 21.3. The molecule has 3 rings (SSSR count). The monoisotopic (exact) mass is 442 g/mol. The number of nitrogens with zero attached hydrogens (tertiary/aromatic N) is 3. The number of aromatic nitrogens is 3. The van der Waals surface area contributed by atoms with E-state index in [1.54, 1.807) is 4.57 Å². The lowest BCUT2D eigenvalue weighted by molar-refractivity contribution is -0.143. The van der Waals surface area contributed by atoms with Crippen LogP contribution in [0.4, 0.5) is 26.3 Å². The third-order valence-electron chi connectivity index (χ3n) is 4.70. The van der Waals surface area contributed by atoms with E-state index in [9.17, 15) is 34.8 Å². The number of benzene rings is 1. The molecule has 2 aromatic rings. The summed E-state index contributed by atoms with van der Waals surface area (Å²) in [5.41, 5.74) is -3.36. The SMILES string of the molecule is O=S(=O)(NC1CCCC(n2cnnc2)C1)c1cc(C(F)(F)F)cc(C(F)(F)F)c1. The molecule has 0 bridgehead atoms. The van der Waals surface area contributed by atoms with Crippen LogP contribution < -0.4 is 4.72 Å². The van der Waals surface area contributed by atoms with Crippen molar-refractivity contribution in [1.29, 1.82) is 0 Å². The summed E-state index contributed by atoms with van der Waals surface area (Å²) in [4.78, 5) is -1.08. The summed E-state index contributed by atoms with van der Waals surface area (Å²) in [6.07, 6.45) is -5.28. The Morgan fingerprint density at radius 1 is 0.931 bits per heavy atom. The minimum Gasteiger partial charge on any atom is -0.317 e. The molecule has 1 heterocycles. The van der Waals surface area contributed by atoms with Crippen molar-refractivity contribution >= 4 is 10.0 Å². The fraction of sp³-hybridized carbons (Fsp3) is 0.500. The van der Waals surface area contributed by atoms with Gasteiger partial charge in [0.05, 0.1) is 16.0 Å². The molecule has 13 heteroatoms. The van der Waals surface area contributed by atoms with E-state index in [4.69, 9.17) is 0 Å². The van der Waals surface area contributed by atoms with Gasteiger partial charge in [0, 0.05) is 12.1 Å². The molecule has 1 aromatic carbocycles. The highest BCUT2D eigenvalue weighted by molar-refractivity contribution is 7.89. The van der Waals surface area contributed by atoms with Gasteiger partial charge in [-0.25, -0.2) is 13.1 Å². The van der Waals surface area contributed by atoms with Gasteiger partial charge in [0.25, 0.3) is 0 Å². The Morgan fingerprint density at radius 2 is 1.48 bits per heavy atom. The van der Waals surface area contributed by atoms with Crippen LogP contribution in [-0.2, 0) is 22.4 Å². The van der Waals surface area contributed by atoms with Crippen LogP contribution >= 0.6 is 0 Å². The summed E-state index contributed by atoms with van der Waals surface area (Å²) < 4.78 is 107. The van der Waals surface area contributed by atoms with Gasteiger partial charge >= 0.3 is 12.4 Å². The Balaban J connectivity index is 1.88. The van der Waals surface area contributed by atoms with Crippen LogP contribution in [0.25, 0.3) is 0 Å². The molecule has 6 nitrogen and oxygen atoms in total. The molecule has 0 amide bonds. The lowest BCUT2D eigenvalue weighted by atomic mass is 9.91. The van der Waals surface area contributed by atoms with Crippen LogP contribution in [0.5, 0.6) is 0 Å². The molecule has 1 saturated carbocycles. The van der Waals surface area contributed by atoms with Crippen molar-refractivity contribution in [2.75, 3.05) is 0 Å². The van der Waals surface area contributed by atoms with Gasteiger partial charge in [-0.15, -0.1) is 10.2 Å². The number of rotatable bonds is 4. The first-order valence-electron chi connectivity index (χ1n) is 8.52. The van der Waals surface area contributed by atoms with E-state index < -0.39 is 44.4 Å². The number of nitrogens with one attached hydrogen (secondary N) is 1.